The summed E-state index contributed by atoms with van der Waals surface area (Å²) in [6, 6.07) is 3.66. The number of benzene rings is 1. The molecular formula is C13H17NO5S2. The van der Waals surface area contributed by atoms with Crippen molar-refractivity contribution in [3.05, 3.63) is 23.8 Å². The number of carbonyl (C=O) groups is 1. The molecule has 0 amide bonds. The van der Waals surface area contributed by atoms with Crippen LogP contribution in [0.3, 0.4) is 0 Å². The molecule has 1 fully saturated rings. The number of carbonyl (C=O) groups excluding carboxylic acids is 1. The molecule has 0 spiro atoms. The number of hydrogen-bond acceptors (Lipinski definition) is 6. The molecule has 1 aromatic carbocycles. The lowest BCUT2D eigenvalue weighted by atomic mass is 10.2. The summed E-state index contributed by atoms with van der Waals surface area (Å²) >= 11 is 1.72. The summed E-state index contributed by atoms with van der Waals surface area (Å²) in [5.41, 5.74) is -0.150. The van der Waals surface area contributed by atoms with E-state index >= 15 is 0 Å². The average Bonchev–Trinajstić information content (AvgIpc) is 2.76. The fourth-order valence-corrected chi connectivity index (χ4v) is 4.57. The van der Waals surface area contributed by atoms with Gasteiger partial charge in [0.25, 0.3) is 0 Å². The van der Waals surface area contributed by atoms with Gasteiger partial charge in [-0.3, -0.25) is 0 Å². The lowest BCUT2D eigenvalue weighted by molar-refractivity contribution is 0.0597. The van der Waals surface area contributed by atoms with Gasteiger partial charge in [-0.15, -0.1) is 0 Å². The number of esters is 1. The minimum Gasteiger partial charge on any atom is -0.507 e. The van der Waals surface area contributed by atoms with Gasteiger partial charge in [0, 0.05) is 18.8 Å². The summed E-state index contributed by atoms with van der Waals surface area (Å²) in [5.74, 6) is 0.624. The van der Waals surface area contributed by atoms with Gasteiger partial charge >= 0.3 is 5.97 Å². The van der Waals surface area contributed by atoms with Crippen molar-refractivity contribution in [3.63, 3.8) is 0 Å². The van der Waals surface area contributed by atoms with Gasteiger partial charge in [0.15, 0.2) is 0 Å². The van der Waals surface area contributed by atoms with Crippen molar-refractivity contribution in [2.24, 2.45) is 0 Å². The van der Waals surface area contributed by atoms with Crippen LogP contribution in [0.2, 0.25) is 0 Å². The van der Waals surface area contributed by atoms with Gasteiger partial charge in [-0.2, -0.15) is 16.1 Å². The molecule has 1 saturated heterocycles. The number of rotatable bonds is 3. The molecule has 1 aliphatic rings. The fourth-order valence-electron chi connectivity index (χ4n) is 2.06. The third-order valence-electron chi connectivity index (χ3n) is 3.19. The molecule has 8 heteroatoms. The number of hydrogen-bond donors (Lipinski definition) is 1. The molecule has 0 atom stereocenters. The van der Waals surface area contributed by atoms with Crippen LogP contribution in [0.15, 0.2) is 23.1 Å². The van der Waals surface area contributed by atoms with Gasteiger partial charge in [0.2, 0.25) is 10.0 Å². The van der Waals surface area contributed by atoms with Crippen LogP contribution in [0.5, 0.6) is 5.75 Å². The number of thioether (sulfide) groups is 1. The van der Waals surface area contributed by atoms with Crippen LogP contribution in [0.1, 0.15) is 16.8 Å². The quantitative estimate of drug-likeness (QED) is 0.841. The molecule has 21 heavy (non-hydrogen) atoms. The molecule has 0 saturated carbocycles. The lowest BCUT2D eigenvalue weighted by Crippen LogP contribution is -2.33. The number of aromatic hydroxyl groups is 1. The van der Waals surface area contributed by atoms with Crippen LogP contribution >= 0.6 is 11.8 Å². The first-order valence-corrected chi connectivity index (χ1v) is 9.05. The van der Waals surface area contributed by atoms with Crippen LogP contribution in [0, 0.1) is 0 Å². The van der Waals surface area contributed by atoms with Crippen molar-refractivity contribution in [1.82, 2.24) is 4.31 Å². The number of nitrogens with zero attached hydrogens (tertiary/aromatic N) is 1. The largest absolute Gasteiger partial charge is 0.507 e. The maximum atomic E-state index is 12.6. The maximum Gasteiger partial charge on any atom is 0.341 e. The van der Waals surface area contributed by atoms with Crippen LogP contribution in [-0.2, 0) is 14.8 Å². The highest BCUT2D eigenvalue weighted by Crippen LogP contribution is 2.25. The molecule has 116 valence electrons. The highest BCUT2D eigenvalue weighted by Gasteiger charge is 2.27. The van der Waals surface area contributed by atoms with E-state index in [0.29, 0.717) is 13.1 Å². The topological polar surface area (TPSA) is 83.9 Å². The summed E-state index contributed by atoms with van der Waals surface area (Å²) in [4.78, 5) is 11.5. The van der Waals surface area contributed by atoms with Crippen LogP contribution in [0.25, 0.3) is 0 Å². The molecule has 0 aromatic heterocycles. The minimum atomic E-state index is -3.67. The highest BCUT2D eigenvalue weighted by molar-refractivity contribution is 7.99. The van der Waals surface area contributed by atoms with E-state index in [2.05, 4.69) is 4.74 Å². The van der Waals surface area contributed by atoms with E-state index in [4.69, 9.17) is 0 Å². The number of sulfonamides is 1. The Morgan fingerprint density at radius 1 is 1.33 bits per heavy atom. The third-order valence-corrected chi connectivity index (χ3v) is 6.14. The van der Waals surface area contributed by atoms with Gasteiger partial charge < -0.3 is 9.84 Å². The molecule has 2 rings (SSSR count). The van der Waals surface area contributed by atoms with Crippen molar-refractivity contribution in [2.45, 2.75) is 11.3 Å². The first kappa shape index (κ1) is 16.1. The Labute approximate surface area is 128 Å². The second kappa shape index (κ2) is 6.67. The van der Waals surface area contributed by atoms with E-state index in [0.717, 1.165) is 24.0 Å². The normalized spacial score (nSPS) is 17.2. The summed E-state index contributed by atoms with van der Waals surface area (Å²) < 4.78 is 31.2. The zero-order chi connectivity index (χ0) is 15.5. The van der Waals surface area contributed by atoms with Crippen LogP contribution in [-0.4, -0.2) is 55.5 Å². The standard InChI is InChI=1S/C13H17NO5S2/c1-19-13(16)11-9-10(3-4-12(11)15)21(17,18)14-5-2-7-20-8-6-14/h3-4,9,15H,2,5-8H2,1H3. The molecule has 0 unspecified atom stereocenters. The monoisotopic (exact) mass is 331 g/mol. The molecule has 6 nitrogen and oxygen atoms in total. The van der Waals surface area contributed by atoms with Gasteiger partial charge in [-0.05, 0) is 30.4 Å². The van der Waals surface area contributed by atoms with Crippen molar-refractivity contribution in [3.8, 4) is 5.75 Å². The number of methoxy groups -OCH3 is 1. The Balaban J connectivity index is 2.37. The number of ether oxygens (including phenoxy) is 1. The lowest BCUT2D eigenvalue weighted by Gasteiger charge is -2.20. The van der Waals surface area contributed by atoms with Crippen LogP contribution < -0.4 is 0 Å². The number of phenols is 1. The predicted octanol–water partition coefficient (Wildman–Crippen LogP) is 1.31. The second-order valence-corrected chi connectivity index (χ2v) is 7.70. The first-order valence-electron chi connectivity index (χ1n) is 6.46. The molecule has 1 heterocycles. The zero-order valence-corrected chi connectivity index (χ0v) is 13.2. The van der Waals surface area contributed by atoms with Crippen molar-refractivity contribution >= 4 is 27.8 Å². The Hall–Kier alpha value is -1.25. The van der Waals surface area contributed by atoms with Crippen molar-refractivity contribution in [2.75, 3.05) is 31.7 Å². The van der Waals surface area contributed by atoms with E-state index in [9.17, 15) is 18.3 Å². The molecule has 1 N–H and O–H groups in total. The van der Waals surface area contributed by atoms with E-state index < -0.39 is 16.0 Å². The average molecular weight is 331 g/mol. The SMILES string of the molecule is COC(=O)c1cc(S(=O)(=O)N2CCCSCC2)ccc1O. The minimum absolute atomic E-state index is 0.00685. The molecule has 1 aliphatic heterocycles. The van der Waals surface area contributed by atoms with Crippen molar-refractivity contribution < 1.29 is 23.1 Å². The molecular weight excluding hydrogens is 314 g/mol. The van der Waals surface area contributed by atoms with E-state index in [1.807, 2.05) is 0 Å². The van der Waals surface area contributed by atoms with Gasteiger partial charge in [-0.25, -0.2) is 13.2 Å². The van der Waals surface area contributed by atoms with Gasteiger partial charge in [0.05, 0.1) is 12.0 Å². The first-order chi connectivity index (χ1) is 9.96. The summed E-state index contributed by atoms with van der Waals surface area (Å²) in [6.07, 6.45) is 0.797. The number of phenolic OH excluding ortho intramolecular Hbond substituents is 1. The van der Waals surface area contributed by atoms with Crippen molar-refractivity contribution in [1.29, 1.82) is 0 Å². The Morgan fingerprint density at radius 2 is 2.10 bits per heavy atom. The van der Waals surface area contributed by atoms with E-state index in [1.165, 1.54) is 23.5 Å². The van der Waals surface area contributed by atoms with Gasteiger partial charge in [-0.1, -0.05) is 0 Å². The summed E-state index contributed by atoms with van der Waals surface area (Å²) in [7, 11) is -2.49. The highest BCUT2D eigenvalue weighted by atomic mass is 32.2. The Kier molecular flexibility index (Phi) is 5.13. The molecule has 0 bridgehead atoms. The summed E-state index contributed by atoms with van der Waals surface area (Å²) in [6.45, 7) is 0.908. The zero-order valence-electron chi connectivity index (χ0n) is 11.6. The predicted molar refractivity (Wildman–Crippen MR) is 80.1 cm³/mol. The molecule has 0 aliphatic carbocycles. The van der Waals surface area contributed by atoms with E-state index in [-0.39, 0.29) is 16.2 Å². The Morgan fingerprint density at radius 3 is 2.81 bits per heavy atom. The maximum absolute atomic E-state index is 12.6. The van der Waals surface area contributed by atoms with E-state index in [1.54, 1.807) is 11.8 Å². The second-order valence-electron chi connectivity index (χ2n) is 4.54. The Bertz CT molecular complexity index is 621. The smallest absolute Gasteiger partial charge is 0.341 e. The summed E-state index contributed by atoms with van der Waals surface area (Å²) in [5, 5.41) is 9.64. The third kappa shape index (κ3) is 3.50. The van der Waals surface area contributed by atoms with Gasteiger partial charge in [0.1, 0.15) is 11.3 Å². The van der Waals surface area contributed by atoms with Crippen LogP contribution in [0.4, 0.5) is 0 Å². The molecule has 0 radical (unpaired) electrons. The fraction of sp³-hybridized carbons (Fsp3) is 0.462. The molecule has 1 aromatic rings.